The number of carbonyl (C=O) groups excluding carboxylic acids is 1. The molecule has 0 saturated carbocycles. The molecule has 0 fully saturated rings. The summed E-state index contributed by atoms with van der Waals surface area (Å²) in [4.78, 5) is 11.8. The lowest BCUT2D eigenvalue weighted by Gasteiger charge is -2.23. The van der Waals surface area contributed by atoms with Crippen LogP contribution in [0.4, 0.5) is 10.5 Å². The largest absolute Gasteiger partial charge is 0.444 e. The third-order valence-corrected chi connectivity index (χ3v) is 3.58. The van der Waals surface area contributed by atoms with Crippen LogP contribution < -0.4 is 10.6 Å². The Morgan fingerprint density at radius 2 is 2.20 bits per heavy atom. The van der Waals surface area contributed by atoms with Gasteiger partial charge in [-0.3, -0.25) is 0 Å². The number of hydrogen-bond donors (Lipinski definition) is 2. The Morgan fingerprint density at radius 3 is 2.90 bits per heavy atom. The molecule has 20 heavy (non-hydrogen) atoms. The van der Waals surface area contributed by atoms with Gasteiger partial charge in [0.25, 0.3) is 0 Å². The number of benzene rings is 1. The van der Waals surface area contributed by atoms with Gasteiger partial charge < -0.3 is 15.4 Å². The summed E-state index contributed by atoms with van der Waals surface area (Å²) >= 11 is 3.49. The van der Waals surface area contributed by atoms with Crippen molar-refractivity contribution in [2.45, 2.75) is 45.3 Å². The Kier molecular flexibility index (Phi) is 4.58. The Morgan fingerprint density at radius 1 is 1.45 bits per heavy atom. The van der Waals surface area contributed by atoms with E-state index in [9.17, 15) is 4.79 Å². The summed E-state index contributed by atoms with van der Waals surface area (Å²) in [6, 6.07) is 6.29. The van der Waals surface area contributed by atoms with Gasteiger partial charge >= 0.3 is 6.09 Å². The van der Waals surface area contributed by atoms with E-state index >= 15 is 0 Å². The second-order valence-corrected chi connectivity index (χ2v) is 6.98. The molecule has 5 heteroatoms. The van der Waals surface area contributed by atoms with Crippen LogP contribution in [0, 0.1) is 0 Å². The van der Waals surface area contributed by atoms with Crippen LogP contribution >= 0.6 is 15.9 Å². The highest BCUT2D eigenvalue weighted by Gasteiger charge is 2.21. The first-order chi connectivity index (χ1) is 9.33. The number of alkyl carbamates (subject to hydrolysis) is 1. The molecule has 1 heterocycles. The maximum atomic E-state index is 11.8. The monoisotopic (exact) mass is 340 g/mol. The number of hydrogen-bond acceptors (Lipinski definition) is 3. The van der Waals surface area contributed by atoms with Gasteiger partial charge in [0.15, 0.2) is 0 Å². The van der Waals surface area contributed by atoms with E-state index in [0.29, 0.717) is 6.54 Å². The number of fused-ring (bicyclic) bond motifs is 1. The number of rotatable bonds is 1. The molecule has 1 aromatic rings. The normalized spacial score (nSPS) is 18.5. The quantitative estimate of drug-likeness (QED) is 0.819. The van der Waals surface area contributed by atoms with Crippen molar-refractivity contribution >= 4 is 27.7 Å². The zero-order chi connectivity index (χ0) is 14.8. The molecule has 4 nitrogen and oxygen atoms in total. The van der Waals surface area contributed by atoms with Gasteiger partial charge in [-0.2, -0.15) is 0 Å². The van der Waals surface area contributed by atoms with E-state index in [1.807, 2.05) is 26.8 Å². The van der Waals surface area contributed by atoms with Crippen LogP contribution in [0.15, 0.2) is 22.7 Å². The molecule has 0 saturated heterocycles. The molecular formula is C15H21BrN2O2. The first-order valence-electron chi connectivity index (χ1n) is 6.85. The molecule has 1 unspecified atom stereocenters. The minimum atomic E-state index is -0.462. The van der Waals surface area contributed by atoms with E-state index in [2.05, 4.69) is 38.7 Å². The van der Waals surface area contributed by atoms with Crippen molar-refractivity contribution < 1.29 is 9.53 Å². The van der Waals surface area contributed by atoms with Crippen LogP contribution in [0.2, 0.25) is 0 Å². The second-order valence-electron chi connectivity index (χ2n) is 6.06. The Bertz CT molecular complexity index is 497. The van der Waals surface area contributed by atoms with Crippen molar-refractivity contribution in [2.75, 3.05) is 11.9 Å². The Labute approximate surface area is 128 Å². The fraction of sp³-hybridized carbons (Fsp3) is 0.533. The summed E-state index contributed by atoms with van der Waals surface area (Å²) in [5, 5.41) is 6.31. The summed E-state index contributed by atoms with van der Waals surface area (Å²) in [6.45, 7) is 6.32. The van der Waals surface area contributed by atoms with E-state index in [-0.39, 0.29) is 12.1 Å². The lowest BCUT2D eigenvalue weighted by atomic mass is 10.1. The second kappa shape index (κ2) is 6.04. The highest BCUT2D eigenvalue weighted by Crippen LogP contribution is 2.25. The summed E-state index contributed by atoms with van der Waals surface area (Å²) in [5.41, 5.74) is 1.95. The third-order valence-electron chi connectivity index (χ3n) is 3.09. The van der Waals surface area contributed by atoms with Gasteiger partial charge in [0.1, 0.15) is 5.60 Å². The summed E-state index contributed by atoms with van der Waals surface area (Å²) in [7, 11) is 0. The number of aryl methyl sites for hydroxylation is 1. The van der Waals surface area contributed by atoms with Gasteiger partial charge in [-0.1, -0.05) is 15.9 Å². The lowest BCUT2D eigenvalue weighted by Crippen LogP contribution is -2.42. The van der Waals surface area contributed by atoms with Crippen LogP contribution in [0.1, 0.15) is 32.8 Å². The van der Waals surface area contributed by atoms with E-state index in [1.54, 1.807) is 0 Å². The van der Waals surface area contributed by atoms with Gasteiger partial charge in [0.2, 0.25) is 0 Å². The van der Waals surface area contributed by atoms with Crippen LogP contribution in [-0.4, -0.2) is 24.3 Å². The highest BCUT2D eigenvalue weighted by atomic mass is 79.9. The number of nitrogens with one attached hydrogen (secondary N) is 2. The smallest absolute Gasteiger partial charge is 0.407 e. The first-order valence-corrected chi connectivity index (χ1v) is 7.64. The molecule has 0 spiro atoms. The number of ether oxygens (including phenoxy) is 1. The standard InChI is InChI=1S/C15H21BrN2O2/c1-15(2,3)20-14(19)18-12-6-4-10-8-11(16)5-7-13(10)17-9-12/h5,7-8,12,17H,4,6,9H2,1-3H3,(H,18,19). The van der Waals surface area contributed by atoms with Crippen LogP contribution in [0.5, 0.6) is 0 Å². The SMILES string of the molecule is CC(C)(C)OC(=O)NC1CCc2cc(Br)ccc2NC1. The molecule has 1 aliphatic rings. The molecule has 1 aliphatic heterocycles. The molecule has 2 N–H and O–H groups in total. The number of anilines is 1. The molecule has 0 bridgehead atoms. The molecule has 1 atom stereocenters. The number of carbonyl (C=O) groups is 1. The minimum Gasteiger partial charge on any atom is -0.444 e. The van der Waals surface area contributed by atoms with Crippen molar-refractivity contribution in [3.63, 3.8) is 0 Å². The maximum Gasteiger partial charge on any atom is 0.407 e. The third kappa shape index (κ3) is 4.40. The van der Waals surface area contributed by atoms with Crippen molar-refractivity contribution in [1.29, 1.82) is 0 Å². The molecule has 0 aromatic heterocycles. The minimum absolute atomic E-state index is 0.0797. The van der Waals surface area contributed by atoms with Crippen LogP contribution in [0.25, 0.3) is 0 Å². The Hall–Kier alpha value is -1.23. The van der Waals surface area contributed by atoms with Crippen molar-refractivity contribution in [2.24, 2.45) is 0 Å². The molecular weight excluding hydrogens is 320 g/mol. The van der Waals surface area contributed by atoms with Gasteiger partial charge in [0.05, 0.1) is 0 Å². The van der Waals surface area contributed by atoms with Gasteiger partial charge in [-0.25, -0.2) is 4.79 Å². The maximum absolute atomic E-state index is 11.8. The predicted molar refractivity (Wildman–Crippen MR) is 84.1 cm³/mol. The molecule has 110 valence electrons. The van der Waals surface area contributed by atoms with Crippen LogP contribution in [0.3, 0.4) is 0 Å². The first kappa shape index (κ1) is 15.2. The van der Waals surface area contributed by atoms with Crippen molar-refractivity contribution in [1.82, 2.24) is 5.32 Å². The molecule has 1 aromatic carbocycles. The lowest BCUT2D eigenvalue weighted by molar-refractivity contribution is 0.0505. The highest BCUT2D eigenvalue weighted by molar-refractivity contribution is 9.10. The van der Waals surface area contributed by atoms with Crippen molar-refractivity contribution in [3.8, 4) is 0 Å². The van der Waals surface area contributed by atoms with E-state index < -0.39 is 5.60 Å². The summed E-state index contributed by atoms with van der Waals surface area (Å²) in [5.74, 6) is 0. The molecule has 0 aliphatic carbocycles. The number of amides is 1. The van der Waals surface area contributed by atoms with Gasteiger partial charge in [-0.05, 0) is 57.4 Å². The zero-order valence-corrected chi connectivity index (χ0v) is 13.7. The molecule has 2 rings (SSSR count). The predicted octanol–water partition coefficient (Wildman–Crippen LogP) is 3.70. The zero-order valence-electron chi connectivity index (χ0n) is 12.1. The molecule has 0 radical (unpaired) electrons. The van der Waals surface area contributed by atoms with E-state index in [0.717, 1.165) is 23.0 Å². The fourth-order valence-corrected chi connectivity index (χ4v) is 2.61. The molecule has 1 amide bonds. The number of halogens is 1. The average Bonchev–Trinajstić information content (AvgIpc) is 2.49. The van der Waals surface area contributed by atoms with E-state index in [4.69, 9.17) is 4.74 Å². The topological polar surface area (TPSA) is 50.4 Å². The average molecular weight is 341 g/mol. The van der Waals surface area contributed by atoms with Crippen LogP contribution in [-0.2, 0) is 11.2 Å². The summed E-state index contributed by atoms with van der Waals surface area (Å²) < 4.78 is 6.37. The summed E-state index contributed by atoms with van der Waals surface area (Å²) in [6.07, 6.45) is 1.48. The van der Waals surface area contributed by atoms with Gasteiger partial charge in [0, 0.05) is 22.7 Å². The Balaban J connectivity index is 1.94. The van der Waals surface area contributed by atoms with E-state index in [1.165, 1.54) is 5.56 Å². The van der Waals surface area contributed by atoms with Crippen molar-refractivity contribution in [3.05, 3.63) is 28.2 Å². The fourth-order valence-electron chi connectivity index (χ4n) is 2.20. The van der Waals surface area contributed by atoms with Gasteiger partial charge in [-0.15, -0.1) is 0 Å².